The molecule has 0 aliphatic heterocycles. The first-order chi connectivity index (χ1) is 6.56. The molecule has 0 aliphatic carbocycles. The molecule has 1 rings (SSSR count). The maximum absolute atomic E-state index is 9.75. The average Bonchev–Trinajstić information content (AvgIpc) is 2.15. The van der Waals surface area contributed by atoms with Crippen molar-refractivity contribution in [1.82, 2.24) is 0 Å². The number of phenolic OH excluding ortho intramolecular Hbond substituents is 1. The normalized spacial score (nSPS) is 12.5. The molecular weight excluding hydrogens is 172 g/mol. The molecule has 0 aromatic heterocycles. The number of hydrogen-bond acceptors (Lipinski definition) is 1. The molecule has 0 saturated heterocycles. The molecule has 1 heteroatoms. The zero-order valence-electron chi connectivity index (χ0n) is 9.17. The van der Waals surface area contributed by atoms with Gasteiger partial charge in [-0.15, -0.1) is 0 Å². The highest BCUT2D eigenvalue weighted by Gasteiger charge is 2.10. The number of rotatable bonds is 3. The second-order valence-electron chi connectivity index (χ2n) is 3.86. The molecule has 1 atom stereocenters. The van der Waals surface area contributed by atoms with Crippen LogP contribution in [0.15, 0.2) is 24.8 Å². The Morgan fingerprint density at radius 2 is 2.14 bits per heavy atom. The molecule has 0 spiro atoms. The summed E-state index contributed by atoms with van der Waals surface area (Å²) >= 11 is 0. The molecule has 0 aliphatic rings. The summed E-state index contributed by atoms with van der Waals surface area (Å²) in [4.78, 5) is 0. The Morgan fingerprint density at radius 1 is 1.50 bits per heavy atom. The van der Waals surface area contributed by atoms with Crippen molar-refractivity contribution in [2.75, 3.05) is 0 Å². The Balaban J connectivity index is 3.02. The van der Waals surface area contributed by atoms with Crippen LogP contribution in [0.4, 0.5) is 0 Å². The first kappa shape index (κ1) is 10.8. The van der Waals surface area contributed by atoms with Crippen molar-refractivity contribution in [3.05, 3.63) is 35.9 Å². The average molecular weight is 190 g/mol. The molecule has 1 aromatic carbocycles. The van der Waals surface area contributed by atoms with E-state index >= 15 is 0 Å². The molecular formula is C13H18O. The van der Waals surface area contributed by atoms with Gasteiger partial charge in [-0.2, -0.15) is 0 Å². The SMILES string of the molecule is C=C(c1ccc(C)cc1O)C(C)CC. The predicted octanol–water partition coefficient (Wildman–Crippen LogP) is 3.76. The highest BCUT2D eigenvalue weighted by molar-refractivity contribution is 5.70. The van der Waals surface area contributed by atoms with E-state index in [0.29, 0.717) is 11.7 Å². The lowest BCUT2D eigenvalue weighted by atomic mass is 9.92. The quantitative estimate of drug-likeness (QED) is 0.769. The van der Waals surface area contributed by atoms with Crippen molar-refractivity contribution in [2.24, 2.45) is 5.92 Å². The van der Waals surface area contributed by atoms with Crippen LogP contribution in [0.2, 0.25) is 0 Å². The molecule has 1 unspecified atom stereocenters. The van der Waals surface area contributed by atoms with Crippen LogP contribution in [0.25, 0.3) is 5.57 Å². The van der Waals surface area contributed by atoms with Gasteiger partial charge in [0, 0.05) is 5.56 Å². The summed E-state index contributed by atoms with van der Waals surface area (Å²) in [5.74, 6) is 0.763. The number of hydrogen-bond donors (Lipinski definition) is 1. The summed E-state index contributed by atoms with van der Waals surface area (Å²) in [5, 5.41) is 9.75. The standard InChI is InChI=1S/C13H18O/c1-5-10(3)11(4)12-7-6-9(2)8-13(12)14/h6-8,10,14H,4-5H2,1-3H3. The first-order valence-electron chi connectivity index (χ1n) is 5.05. The minimum absolute atomic E-state index is 0.343. The van der Waals surface area contributed by atoms with E-state index in [2.05, 4.69) is 20.4 Å². The molecule has 0 bridgehead atoms. The molecule has 76 valence electrons. The van der Waals surface area contributed by atoms with Gasteiger partial charge in [0.25, 0.3) is 0 Å². The monoisotopic (exact) mass is 190 g/mol. The molecule has 0 saturated carbocycles. The molecule has 1 nitrogen and oxygen atoms in total. The summed E-state index contributed by atoms with van der Waals surface area (Å²) in [7, 11) is 0. The van der Waals surface area contributed by atoms with Gasteiger partial charge in [-0.1, -0.05) is 32.6 Å². The summed E-state index contributed by atoms with van der Waals surface area (Å²) in [6.07, 6.45) is 1.05. The zero-order chi connectivity index (χ0) is 10.7. The molecule has 0 heterocycles. The topological polar surface area (TPSA) is 20.2 Å². The van der Waals surface area contributed by atoms with Gasteiger partial charge in [0.2, 0.25) is 0 Å². The van der Waals surface area contributed by atoms with E-state index in [1.807, 2.05) is 19.1 Å². The zero-order valence-corrected chi connectivity index (χ0v) is 9.17. The van der Waals surface area contributed by atoms with Crippen molar-refractivity contribution in [1.29, 1.82) is 0 Å². The van der Waals surface area contributed by atoms with Crippen LogP contribution in [-0.2, 0) is 0 Å². The van der Waals surface area contributed by atoms with E-state index in [1.54, 1.807) is 6.07 Å². The van der Waals surface area contributed by atoms with Gasteiger partial charge in [0.15, 0.2) is 0 Å². The van der Waals surface area contributed by atoms with Crippen molar-refractivity contribution in [3.8, 4) is 5.75 Å². The fourth-order valence-corrected chi connectivity index (χ4v) is 1.43. The van der Waals surface area contributed by atoms with E-state index in [-0.39, 0.29) is 0 Å². The largest absolute Gasteiger partial charge is 0.507 e. The Bertz CT molecular complexity index is 339. The molecule has 1 aromatic rings. The first-order valence-corrected chi connectivity index (χ1v) is 5.05. The molecule has 0 radical (unpaired) electrons. The van der Waals surface area contributed by atoms with Gasteiger partial charge < -0.3 is 5.11 Å². The van der Waals surface area contributed by atoms with E-state index in [9.17, 15) is 5.11 Å². The summed E-state index contributed by atoms with van der Waals surface area (Å²) in [6.45, 7) is 10.2. The third-order valence-electron chi connectivity index (χ3n) is 2.71. The lowest BCUT2D eigenvalue weighted by Crippen LogP contribution is -1.96. The lowest BCUT2D eigenvalue weighted by molar-refractivity contribution is 0.472. The van der Waals surface area contributed by atoms with E-state index < -0.39 is 0 Å². The third-order valence-corrected chi connectivity index (χ3v) is 2.71. The van der Waals surface area contributed by atoms with Crippen molar-refractivity contribution < 1.29 is 5.11 Å². The maximum Gasteiger partial charge on any atom is 0.123 e. The molecule has 1 N–H and O–H groups in total. The Hall–Kier alpha value is -1.24. The third kappa shape index (κ3) is 2.16. The number of aromatic hydroxyl groups is 1. The maximum atomic E-state index is 9.75. The van der Waals surface area contributed by atoms with E-state index in [1.165, 1.54) is 0 Å². The minimum Gasteiger partial charge on any atom is -0.507 e. The van der Waals surface area contributed by atoms with Gasteiger partial charge in [-0.3, -0.25) is 0 Å². The van der Waals surface area contributed by atoms with Crippen molar-refractivity contribution in [2.45, 2.75) is 27.2 Å². The molecule has 0 amide bonds. The fraction of sp³-hybridized carbons (Fsp3) is 0.385. The van der Waals surface area contributed by atoms with Crippen LogP contribution in [0.3, 0.4) is 0 Å². The van der Waals surface area contributed by atoms with Crippen LogP contribution >= 0.6 is 0 Å². The van der Waals surface area contributed by atoms with E-state index in [4.69, 9.17) is 0 Å². The Kier molecular flexibility index (Phi) is 3.34. The van der Waals surface area contributed by atoms with Crippen LogP contribution in [0.1, 0.15) is 31.4 Å². The van der Waals surface area contributed by atoms with Gasteiger partial charge in [0.1, 0.15) is 5.75 Å². The van der Waals surface area contributed by atoms with Crippen molar-refractivity contribution in [3.63, 3.8) is 0 Å². The summed E-state index contributed by atoms with van der Waals surface area (Å²) in [6, 6.07) is 5.73. The highest BCUT2D eigenvalue weighted by Crippen LogP contribution is 2.30. The summed E-state index contributed by atoms with van der Waals surface area (Å²) < 4.78 is 0. The van der Waals surface area contributed by atoms with E-state index in [0.717, 1.165) is 23.1 Å². The number of allylic oxidation sites excluding steroid dienone is 1. The minimum atomic E-state index is 0.343. The number of benzene rings is 1. The van der Waals surface area contributed by atoms with Crippen LogP contribution < -0.4 is 0 Å². The van der Waals surface area contributed by atoms with Crippen LogP contribution in [-0.4, -0.2) is 5.11 Å². The molecule has 0 fully saturated rings. The Morgan fingerprint density at radius 3 is 2.64 bits per heavy atom. The van der Waals surface area contributed by atoms with Gasteiger partial charge in [0.05, 0.1) is 0 Å². The smallest absolute Gasteiger partial charge is 0.123 e. The highest BCUT2D eigenvalue weighted by atomic mass is 16.3. The second kappa shape index (κ2) is 4.32. The second-order valence-corrected chi connectivity index (χ2v) is 3.86. The number of aryl methyl sites for hydroxylation is 1. The lowest BCUT2D eigenvalue weighted by Gasteiger charge is -2.14. The van der Waals surface area contributed by atoms with Gasteiger partial charge in [-0.05, 0) is 36.5 Å². The predicted molar refractivity (Wildman–Crippen MR) is 61.3 cm³/mol. The van der Waals surface area contributed by atoms with Crippen LogP contribution in [0, 0.1) is 12.8 Å². The van der Waals surface area contributed by atoms with Crippen molar-refractivity contribution >= 4 is 5.57 Å². The van der Waals surface area contributed by atoms with Crippen LogP contribution in [0.5, 0.6) is 5.75 Å². The Labute approximate surface area is 86.1 Å². The van der Waals surface area contributed by atoms with Gasteiger partial charge in [-0.25, -0.2) is 0 Å². The fourth-order valence-electron chi connectivity index (χ4n) is 1.43. The summed E-state index contributed by atoms with van der Waals surface area (Å²) in [5.41, 5.74) is 2.97. The molecule has 14 heavy (non-hydrogen) atoms. The van der Waals surface area contributed by atoms with Gasteiger partial charge >= 0.3 is 0 Å². The number of phenols is 1.